The summed E-state index contributed by atoms with van der Waals surface area (Å²) in [6, 6.07) is 11.0. The predicted octanol–water partition coefficient (Wildman–Crippen LogP) is 2.77. The molecule has 0 amide bonds. The van der Waals surface area contributed by atoms with Crippen molar-refractivity contribution in [1.29, 1.82) is 0 Å². The molecule has 0 spiro atoms. The number of nitro groups is 1. The summed E-state index contributed by atoms with van der Waals surface area (Å²) < 4.78 is 2.00. The molecule has 2 aromatic rings. The molecular formula is C15H17N2O2+. The Bertz CT molecular complexity index is 562. The molecule has 1 heterocycles. The van der Waals surface area contributed by atoms with Crippen molar-refractivity contribution in [3.05, 3.63) is 70.0 Å². The van der Waals surface area contributed by atoms with E-state index >= 15 is 0 Å². The molecule has 0 aliphatic heterocycles. The first-order valence-electron chi connectivity index (χ1n) is 6.25. The number of hydrogen-bond acceptors (Lipinski definition) is 2. The lowest BCUT2D eigenvalue weighted by atomic mass is 9.94. The molecule has 0 fully saturated rings. The summed E-state index contributed by atoms with van der Waals surface area (Å²) >= 11 is 0. The van der Waals surface area contributed by atoms with Gasteiger partial charge in [0.15, 0.2) is 12.4 Å². The fourth-order valence-electron chi connectivity index (χ4n) is 2.06. The van der Waals surface area contributed by atoms with Gasteiger partial charge in [0.2, 0.25) is 0 Å². The molecule has 0 saturated heterocycles. The van der Waals surface area contributed by atoms with E-state index in [2.05, 4.69) is 19.1 Å². The quantitative estimate of drug-likeness (QED) is 0.480. The van der Waals surface area contributed by atoms with Crippen molar-refractivity contribution >= 4 is 5.69 Å². The summed E-state index contributed by atoms with van der Waals surface area (Å²) in [5.74, 6) is 0.341. The number of pyridine rings is 1. The van der Waals surface area contributed by atoms with E-state index < -0.39 is 0 Å². The van der Waals surface area contributed by atoms with Crippen molar-refractivity contribution in [2.45, 2.75) is 19.3 Å². The summed E-state index contributed by atoms with van der Waals surface area (Å²) in [4.78, 5) is 10.2. The Morgan fingerprint density at radius 1 is 1.16 bits per heavy atom. The molecule has 0 aliphatic rings. The first-order valence-corrected chi connectivity index (χ1v) is 6.25. The van der Waals surface area contributed by atoms with E-state index in [9.17, 15) is 10.1 Å². The highest BCUT2D eigenvalue weighted by atomic mass is 16.6. The highest BCUT2D eigenvalue weighted by molar-refractivity contribution is 5.34. The molecule has 1 unspecified atom stereocenters. The highest BCUT2D eigenvalue weighted by Gasteiger charge is 2.10. The van der Waals surface area contributed by atoms with Gasteiger partial charge in [-0.2, -0.15) is 0 Å². The lowest BCUT2D eigenvalue weighted by Crippen LogP contribution is -2.26. The molecule has 19 heavy (non-hydrogen) atoms. The van der Waals surface area contributed by atoms with Crippen LogP contribution >= 0.6 is 0 Å². The SMILES string of the molecule is CC(Cc1cc[n+](C)cc1)c1ccc([N+](=O)[O-])cc1. The minimum Gasteiger partial charge on any atom is -0.258 e. The second-order valence-electron chi connectivity index (χ2n) is 4.83. The van der Waals surface area contributed by atoms with Gasteiger partial charge >= 0.3 is 0 Å². The smallest absolute Gasteiger partial charge is 0.258 e. The van der Waals surface area contributed by atoms with Gasteiger partial charge in [-0.1, -0.05) is 19.1 Å². The Morgan fingerprint density at radius 2 is 1.74 bits per heavy atom. The normalized spacial score (nSPS) is 12.1. The number of aromatic nitrogens is 1. The summed E-state index contributed by atoms with van der Waals surface area (Å²) in [5.41, 5.74) is 2.53. The Balaban J connectivity index is 2.09. The number of benzene rings is 1. The van der Waals surface area contributed by atoms with Crippen LogP contribution < -0.4 is 4.57 Å². The third-order valence-electron chi connectivity index (χ3n) is 3.26. The van der Waals surface area contributed by atoms with Crippen molar-refractivity contribution in [3.63, 3.8) is 0 Å². The van der Waals surface area contributed by atoms with Crippen LogP contribution in [0.2, 0.25) is 0 Å². The van der Waals surface area contributed by atoms with E-state index in [-0.39, 0.29) is 10.6 Å². The monoisotopic (exact) mass is 257 g/mol. The van der Waals surface area contributed by atoms with Crippen molar-refractivity contribution < 1.29 is 9.49 Å². The lowest BCUT2D eigenvalue weighted by molar-refractivity contribution is -0.671. The third kappa shape index (κ3) is 3.37. The first kappa shape index (κ1) is 13.2. The van der Waals surface area contributed by atoms with E-state index in [0.717, 1.165) is 12.0 Å². The van der Waals surface area contributed by atoms with Crippen LogP contribution in [0.1, 0.15) is 24.0 Å². The van der Waals surface area contributed by atoms with Gasteiger partial charge in [0.05, 0.1) is 4.92 Å². The van der Waals surface area contributed by atoms with E-state index in [4.69, 9.17) is 0 Å². The molecule has 0 bridgehead atoms. The maximum absolute atomic E-state index is 10.6. The van der Waals surface area contributed by atoms with Gasteiger partial charge in [-0.15, -0.1) is 0 Å². The van der Waals surface area contributed by atoms with Crippen LogP contribution in [0, 0.1) is 10.1 Å². The summed E-state index contributed by atoms with van der Waals surface area (Å²) in [6.07, 6.45) is 4.98. The fourth-order valence-corrected chi connectivity index (χ4v) is 2.06. The predicted molar refractivity (Wildman–Crippen MR) is 72.8 cm³/mol. The van der Waals surface area contributed by atoms with E-state index in [1.165, 1.54) is 5.56 Å². The second kappa shape index (κ2) is 5.61. The van der Waals surface area contributed by atoms with Gasteiger partial charge in [0.1, 0.15) is 7.05 Å². The van der Waals surface area contributed by atoms with Crippen molar-refractivity contribution in [2.75, 3.05) is 0 Å². The van der Waals surface area contributed by atoms with Crippen LogP contribution in [-0.2, 0) is 13.5 Å². The Morgan fingerprint density at radius 3 is 2.26 bits per heavy atom. The molecule has 0 N–H and O–H groups in total. The standard InChI is InChI=1S/C15H17N2O2/c1-12(11-13-7-9-16(2)10-8-13)14-3-5-15(6-4-14)17(18)19/h3-10,12H,11H2,1-2H3/q+1. The second-order valence-corrected chi connectivity index (χ2v) is 4.83. The minimum absolute atomic E-state index is 0.141. The molecule has 0 radical (unpaired) electrons. The average Bonchev–Trinajstić information content (AvgIpc) is 2.41. The van der Waals surface area contributed by atoms with Gasteiger partial charge in [0.25, 0.3) is 5.69 Å². The maximum atomic E-state index is 10.6. The number of hydrogen-bond donors (Lipinski definition) is 0. The van der Waals surface area contributed by atoms with Gasteiger partial charge in [-0.05, 0) is 23.5 Å². The highest BCUT2D eigenvalue weighted by Crippen LogP contribution is 2.22. The number of rotatable bonds is 4. The number of aryl methyl sites for hydroxylation is 1. The molecule has 2 rings (SSSR count). The Labute approximate surface area is 112 Å². The zero-order valence-corrected chi connectivity index (χ0v) is 11.1. The van der Waals surface area contributed by atoms with Crippen LogP contribution in [0.4, 0.5) is 5.69 Å². The fraction of sp³-hybridized carbons (Fsp3) is 0.267. The van der Waals surface area contributed by atoms with Gasteiger partial charge in [-0.25, -0.2) is 4.57 Å². The molecule has 4 nitrogen and oxygen atoms in total. The van der Waals surface area contributed by atoms with Crippen molar-refractivity contribution in [2.24, 2.45) is 7.05 Å². The third-order valence-corrected chi connectivity index (χ3v) is 3.26. The largest absolute Gasteiger partial charge is 0.269 e. The first-order chi connectivity index (χ1) is 9.06. The molecule has 1 aromatic carbocycles. The minimum atomic E-state index is -0.369. The van der Waals surface area contributed by atoms with E-state index in [0.29, 0.717) is 5.92 Å². The Kier molecular flexibility index (Phi) is 3.90. The summed E-state index contributed by atoms with van der Waals surface area (Å²) in [6.45, 7) is 2.13. The van der Waals surface area contributed by atoms with E-state index in [1.807, 2.05) is 36.1 Å². The van der Waals surface area contributed by atoms with Crippen molar-refractivity contribution in [1.82, 2.24) is 0 Å². The molecule has 4 heteroatoms. The van der Waals surface area contributed by atoms with Gasteiger partial charge in [-0.3, -0.25) is 10.1 Å². The molecule has 0 saturated carbocycles. The number of non-ortho nitro benzene ring substituents is 1. The molecule has 1 aromatic heterocycles. The lowest BCUT2D eigenvalue weighted by Gasteiger charge is -2.11. The molecule has 0 aliphatic carbocycles. The van der Waals surface area contributed by atoms with Crippen LogP contribution in [0.3, 0.4) is 0 Å². The van der Waals surface area contributed by atoms with Crippen LogP contribution in [0.15, 0.2) is 48.8 Å². The molecule has 98 valence electrons. The number of nitrogens with zero attached hydrogens (tertiary/aromatic N) is 2. The van der Waals surface area contributed by atoms with Crippen molar-refractivity contribution in [3.8, 4) is 0 Å². The van der Waals surface area contributed by atoms with Gasteiger partial charge < -0.3 is 0 Å². The van der Waals surface area contributed by atoms with E-state index in [1.54, 1.807) is 12.1 Å². The zero-order chi connectivity index (χ0) is 13.8. The Hall–Kier alpha value is -2.23. The topological polar surface area (TPSA) is 47.0 Å². The molecular weight excluding hydrogens is 240 g/mol. The zero-order valence-electron chi connectivity index (χ0n) is 11.1. The van der Waals surface area contributed by atoms with Crippen LogP contribution in [-0.4, -0.2) is 4.92 Å². The molecule has 1 atom stereocenters. The summed E-state index contributed by atoms with van der Waals surface area (Å²) in [5, 5.41) is 10.6. The van der Waals surface area contributed by atoms with Crippen LogP contribution in [0.5, 0.6) is 0 Å². The van der Waals surface area contributed by atoms with Gasteiger partial charge in [0, 0.05) is 24.3 Å². The number of nitro benzene ring substituents is 1. The van der Waals surface area contributed by atoms with Crippen LogP contribution in [0.25, 0.3) is 0 Å². The summed E-state index contributed by atoms with van der Waals surface area (Å²) in [7, 11) is 1.99. The average molecular weight is 257 g/mol. The maximum Gasteiger partial charge on any atom is 0.269 e.